The first-order valence-corrected chi connectivity index (χ1v) is 8.76. The molecule has 2 N–H and O–H groups in total. The Morgan fingerprint density at radius 2 is 2.13 bits per heavy atom. The van der Waals surface area contributed by atoms with Gasteiger partial charge < -0.3 is 15.2 Å². The van der Waals surface area contributed by atoms with Gasteiger partial charge in [0.2, 0.25) is 0 Å². The summed E-state index contributed by atoms with van der Waals surface area (Å²) in [6, 6.07) is 0. The van der Waals surface area contributed by atoms with Crippen LogP contribution in [0.15, 0.2) is 11.2 Å². The van der Waals surface area contributed by atoms with E-state index in [2.05, 4.69) is 44.7 Å². The summed E-state index contributed by atoms with van der Waals surface area (Å²) in [6.07, 6.45) is 3.92. The zero-order valence-corrected chi connectivity index (χ0v) is 15.1. The molecule has 0 aliphatic rings. The molecule has 0 saturated heterocycles. The van der Waals surface area contributed by atoms with Crippen LogP contribution in [0.3, 0.4) is 0 Å². The third-order valence-electron chi connectivity index (χ3n) is 3.49. The third kappa shape index (κ3) is 5.02. The topological polar surface area (TPSA) is 80.0 Å². The number of aromatic nitrogens is 4. The molecule has 7 nitrogen and oxygen atoms in total. The molecule has 0 spiro atoms. The molecule has 0 radical (unpaired) electrons. The van der Waals surface area contributed by atoms with Crippen LogP contribution in [0, 0.1) is 6.92 Å². The highest BCUT2D eigenvalue weighted by Gasteiger charge is 2.05. The number of hydrogen-bond acceptors (Lipinski definition) is 5. The summed E-state index contributed by atoms with van der Waals surface area (Å²) in [5, 5.41) is 15.9. The van der Waals surface area contributed by atoms with Gasteiger partial charge in [0, 0.05) is 37.6 Å². The Morgan fingerprint density at radius 1 is 1.30 bits per heavy atom. The van der Waals surface area contributed by atoms with E-state index in [1.165, 1.54) is 4.88 Å². The number of rotatable bonds is 7. The van der Waals surface area contributed by atoms with Crippen LogP contribution < -0.4 is 10.6 Å². The van der Waals surface area contributed by atoms with Crippen LogP contribution >= 0.6 is 11.3 Å². The Labute approximate surface area is 141 Å². The van der Waals surface area contributed by atoms with Gasteiger partial charge >= 0.3 is 0 Å². The minimum atomic E-state index is 0.504. The molecule has 0 fully saturated rings. The molecule has 0 aliphatic carbocycles. The van der Waals surface area contributed by atoms with E-state index in [1.807, 2.05) is 24.7 Å². The Morgan fingerprint density at radius 3 is 2.74 bits per heavy atom. The molecular weight excluding hydrogens is 310 g/mol. The highest BCUT2D eigenvalue weighted by Crippen LogP contribution is 2.13. The second-order valence-electron chi connectivity index (χ2n) is 5.17. The highest BCUT2D eigenvalue weighted by atomic mass is 32.1. The first kappa shape index (κ1) is 17.4. The molecule has 0 aliphatic heterocycles. The van der Waals surface area contributed by atoms with Gasteiger partial charge in [-0.2, -0.15) is 0 Å². The summed E-state index contributed by atoms with van der Waals surface area (Å²) in [6.45, 7) is 8.27. The maximum absolute atomic E-state index is 4.56. The standard InChI is InChI=1S/C15H25N7S/c1-5-12-9-18-14(23-12)7-8-17-15(16-6-2)19-10-13-21-20-11(3)22(13)4/h9H,5-8,10H2,1-4H3,(H2,16,17,19). The van der Waals surface area contributed by atoms with Crippen molar-refractivity contribution in [2.75, 3.05) is 13.1 Å². The molecule has 2 heterocycles. The SMILES string of the molecule is CCNC(=NCc1nnc(C)n1C)NCCc1ncc(CC)s1. The maximum atomic E-state index is 4.56. The summed E-state index contributed by atoms with van der Waals surface area (Å²) in [7, 11) is 1.95. The fourth-order valence-electron chi connectivity index (χ4n) is 2.00. The molecule has 0 saturated carbocycles. The van der Waals surface area contributed by atoms with Crippen LogP contribution in [0.2, 0.25) is 0 Å². The van der Waals surface area contributed by atoms with Gasteiger partial charge in [-0.15, -0.1) is 21.5 Å². The van der Waals surface area contributed by atoms with E-state index in [-0.39, 0.29) is 0 Å². The molecule has 23 heavy (non-hydrogen) atoms. The van der Waals surface area contributed by atoms with Crippen molar-refractivity contribution in [1.82, 2.24) is 30.4 Å². The molecule has 0 amide bonds. The van der Waals surface area contributed by atoms with Crippen LogP contribution in [0.25, 0.3) is 0 Å². The Balaban J connectivity index is 1.87. The van der Waals surface area contributed by atoms with E-state index in [1.54, 1.807) is 11.3 Å². The monoisotopic (exact) mass is 335 g/mol. The predicted octanol–water partition coefficient (Wildman–Crippen LogP) is 1.44. The lowest BCUT2D eigenvalue weighted by molar-refractivity contribution is 0.753. The molecule has 2 aromatic rings. The van der Waals surface area contributed by atoms with E-state index in [0.717, 1.165) is 48.5 Å². The molecule has 0 aromatic carbocycles. The molecule has 2 rings (SSSR count). The number of aryl methyl sites for hydroxylation is 2. The highest BCUT2D eigenvalue weighted by molar-refractivity contribution is 7.11. The number of hydrogen-bond donors (Lipinski definition) is 2. The summed E-state index contributed by atoms with van der Waals surface area (Å²) < 4.78 is 1.95. The second-order valence-corrected chi connectivity index (χ2v) is 6.37. The van der Waals surface area contributed by atoms with Crippen molar-refractivity contribution >= 4 is 17.3 Å². The van der Waals surface area contributed by atoms with Crippen molar-refractivity contribution in [2.24, 2.45) is 12.0 Å². The fraction of sp³-hybridized carbons (Fsp3) is 0.600. The van der Waals surface area contributed by atoms with E-state index < -0.39 is 0 Å². The largest absolute Gasteiger partial charge is 0.357 e. The van der Waals surface area contributed by atoms with Gasteiger partial charge in [-0.05, 0) is 20.3 Å². The van der Waals surface area contributed by atoms with Crippen LogP contribution in [-0.4, -0.2) is 38.8 Å². The van der Waals surface area contributed by atoms with Gasteiger partial charge in [0.1, 0.15) is 12.4 Å². The minimum Gasteiger partial charge on any atom is -0.357 e. The number of aliphatic imine (C=N–C) groups is 1. The first-order chi connectivity index (χ1) is 11.1. The van der Waals surface area contributed by atoms with Crippen molar-refractivity contribution in [2.45, 2.75) is 40.2 Å². The van der Waals surface area contributed by atoms with Crippen molar-refractivity contribution in [3.8, 4) is 0 Å². The van der Waals surface area contributed by atoms with Crippen molar-refractivity contribution in [3.63, 3.8) is 0 Å². The zero-order valence-electron chi connectivity index (χ0n) is 14.3. The minimum absolute atomic E-state index is 0.504. The molecule has 126 valence electrons. The average molecular weight is 335 g/mol. The summed E-state index contributed by atoms with van der Waals surface area (Å²) in [4.78, 5) is 10.3. The lowest BCUT2D eigenvalue weighted by Gasteiger charge is -2.10. The third-order valence-corrected chi connectivity index (χ3v) is 4.69. The maximum Gasteiger partial charge on any atom is 0.191 e. The zero-order chi connectivity index (χ0) is 16.7. The molecule has 0 unspecified atom stereocenters. The molecule has 0 atom stereocenters. The fourth-order valence-corrected chi connectivity index (χ4v) is 2.86. The normalized spacial score (nSPS) is 11.7. The summed E-state index contributed by atoms with van der Waals surface area (Å²) in [5.41, 5.74) is 0. The summed E-state index contributed by atoms with van der Waals surface area (Å²) in [5.74, 6) is 2.54. The van der Waals surface area contributed by atoms with Crippen LogP contribution in [0.5, 0.6) is 0 Å². The smallest absolute Gasteiger partial charge is 0.191 e. The molecule has 0 bridgehead atoms. The second kappa shape index (κ2) is 8.61. The van der Waals surface area contributed by atoms with Gasteiger partial charge in [0.25, 0.3) is 0 Å². The van der Waals surface area contributed by atoms with Gasteiger partial charge in [-0.1, -0.05) is 6.92 Å². The van der Waals surface area contributed by atoms with Gasteiger partial charge in [-0.25, -0.2) is 9.98 Å². The van der Waals surface area contributed by atoms with E-state index in [9.17, 15) is 0 Å². The van der Waals surface area contributed by atoms with Crippen molar-refractivity contribution in [3.05, 3.63) is 27.7 Å². The van der Waals surface area contributed by atoms with Crippen LogP contribution in [0.4, 0.5) is 0 Å². The molecule has 8 heteroatoms. The Kier molecular flexibility index (Phi) is 6.52. The number of nitrogens with zero attached hydrogens (tertiary/aromatic N) is 5. The molecule has 2 aromatic heterocycles. The average Bonchev–Trinajstić information content (AvgIpc) is 3.13. The number of nitrogens with one attached hydrogen (secondary N) is 2. The van der Waals surface area contributed by atoms with E-state index >= 15 is 0 Å². The Bertz CT molecular complexity index is 644. The lowest BCUT2D eigenvalue weighted by atomic mass is 10.4. The Hall–Kier alpha value is -1.96. The van der Waals surface area contributed by atoms with Gasteiger partial charge in [0.15, 0.2) is 11.8 Å². The summed E-state index contributed by atoms with van der Waals surface area (Å²) >= 11 is 1.78. The molecular formula is C15H25N7S. The number of guanidine groups is 1. The van der Waals surface area contributed by atoms with E-state index in [0.29, 0.717) is 6.54 Å². The van der Waals surface area contributed by atoms with Gasteiger partial charge in [0.05, 0.1) is 5.01 Å². The van der Waals surface area contributed by atoms with Crippen LogP contribution in [0.1, 0.15) is 35.4 Å². The first-order valence-electron chi connectivity index (χ1n) is 7.94. The predicted molar refractivity (Wildman–Crippen MR) is 93.8 cm³/mol. The van der Waals surface area contributed by atoms with Crippen molar-refractivity contribution in [1.29, 1.82) is 0 Å². The van der Waals surface area contributed by atoms with Crippen molar-refractivity contribution < 1.29 is 0 Å². The van der Waals surface area contributed by atoms with Gasteiger partial charge in [-0.3, -0.25) is 0 Å². The quantitative estimate of drug-likeness (QED) is 0.591. The lowest BCUT2D eigenvalue weighted by Crippen LogP contribution is -2.38. The van der Waals surface area contributed by atoms with E-state index in [4.69, 9.17) is 0 Å². The number of thiazole rings is 1. The van der Waals surface area contributed by atoms with Crippen LogP contribution in [-0.2, 0) is 26.4 Å².